The SMILES string of the molecule is Cc1cc(Cl)cc2ccn(CCO)c12. The van der Waals surface area contributed by atoms with E-state index in [1.165, 1.54) is 0 Å². The number of fused-ring (bicyclic) bond motifs is 1. The monoisotopic (exact) mass is 209 g/mol. The van der Waals surface area contributed by atoms with Crippen molar-refractivity contribution in [3.05, 3.63) is 35.0 Å². The smallest absolute Gasteiger partial charge is 0.0610 e. The standard InChI is InChI=1S/C11H12ClNO/c1-8-6-10(12)7-9-2-3-13(4-5-14)11(8)9/h2-3,6-7,14H,4-5H2,1H3. The second-order valence-corrected chi connectivity index (χ2v) is 3.83. The van der Waals surface area contributed by atoms with Gasteiger partial charge in [0, 0.05) is 23.2 Å². The largest absolute Gasteiger partial charge is 0.395 e. The molecule has 1 N–H and O–H groups in total. The van der Waals surface area contributed by atoms with Crippen molar-refractivity contribution in [2.45, 2.75) is 13.5 Å². The van der Waals surface area contributed by atoms with Crippen molar-refractivity contribution in [1.82, 2.24) is 4.57 Å². The van der Waals surface area contributed by atoms with Gasteiger partial charge in [-0.1, -0.05) is 11.6 Å². The minimum atomic E-state index is 0.159. The van der Waals surface area contributed by atoms with Gasteiger partial charge in [0.1, 0.15) is 0 Å². The van der Waals surface area contributed by atoms with E-state index in [1.807, 2.05) is 35.9 Å². The third-order valence-electron chi connectivity index (χ3n) is 2.36. The number of aryl methyl sites for hydroxylation is 1. The Morgan fingerprint density at radius 1 is 1.43 bits per heavy atom. The Kier molecular flexibility index (Phi) is 2.48. The van der Waals surface area contributed by atoms with Gasteiger partial charge in [-0.05, 0) is 30.7 Å². The lowest BCUT2D eigenvalue weighted by atomic mass is 10.2. The number of halogens is 1. The molecule has 0 aliphatic carbocycles. The van der Waals surface area contributed by atoms with Crippen molar-refractivity contribution in [2.24, 2.45) is 0 Å². The molecule has 2 aromatic rings. The number of aliphatic hydroxyl groups excluding tert-OH is 1. The Morgan fingerprint density at radius 2 is 2.21 bits per heavy atom. The molecule has 0 saturated heterocycles. The number of aromatic nitrogens is 1. The van der Waals surface area contributed by atoms with E-state index in [4.69, 9.17) is 16.7 Å². The number of nitrogens with zero attached hydrogens (tertiary/aromatic N) is 1. The molecule has 0 fully saturated rings. The van der Waals surface area contributed by atoms with E-state index in [2.05, 4.69) is 0 Å². The first-order valence-corrected chi connectivity index (χ1v) is 4.96. The lowest BCUT2D eigenvalue weighted by Gasteiger charge is -2.05. The highest BCUT2D eigenvalue weighted by atomic mass is 35.5. The average molecular weight is 210 g/mol. The molecule has 0 unspecified atom stereocenters. The van der Waals surface area contributed by atoms with Crippen molar-refractivity contribution in [1.29, 1.82) is 0 Å². The Morgan fingerprint density at radius 3 is 2.93 bits per heavy atom. The van der Waals surface area contributed by atoms with Crippen LogP contribution in [-0.4, -0.2) is 16.3 Å². The van der Waals surface area contributed by atoms with Crippen molar-refractivity contribution >= 4 is 22.5 Å². The van der Waals surface area contributed by atoms with Crippen LogP contribution in [0.1, 0.15) is 5.56 Å². The molecule has 0 aliphatic rings. The maximum absolute atomic E-state index is 8.90. The number of hydrogen-bond donors (Lipinski definition) is 1. The van der Waals surface area contributed by atoms with Crippen LogP contribution in [0.3, 0.4) is 0 Å². The van der Waals surface area contributed by atoms with Gasteiger partial charge < -0.3 is 9.67 Å². The molecule has 2 nitrogen and oxygen atoms in total. The first-order chi connectivity index (χ1) is 6.72. The Hall–Kier alpha value is -0.990. The van der Waals surface area contributed by atoms with Crippen LogP contribution < -0.4 is 0 Å². The Labute approximate surface area is 87.7 Å². The van der Waals surface area contributed by atoms with Crippen LogP contribution >= 0.6 is 11.6 Å². The molecule has 1 aromatic heterocycles. The van der Waals surface area contributed by atoms with E-state index in [0.717, 1.165) is 21.5 Å². The topological polar surface area (TPSA) is 25.2 Å². The normalized spacial score (nSPS) is 11.1. The summed E-state index contributed by atoms with van der Waals surface area (Å²) in [4.78, 5) is 0. The van der Waals surface area contributed by atoms with Gasteiger partial charge in [-0.15, -0.1) is 0 Å². The van der Waals surface area contributed by atoms with E-state index in [9.17, 15) is 0 Å². The van der Waals surface area contributed by atoms with Crippen LogP contribution in [0.5, 0.6) is 0 Å². The van der Waals surface area contributed by atoms with Crippen LogP contribution in [0.2, 0.25) is 5.02 Å². The molecular formula is C11H12ClNO. The van der Waals surface area contributed by atoms with E-state index in [-0.39, 0.29) is 6.61 Å². The summed E-state index contributed by atoms with van der Waals surface area (Å²) < 4.78 is 2.04. The van der Waals surface area contributed by atoms with Crippen LogP contribution in [0.25, 0.3) is 10.9 Å². The number of rotatable bonds is 2. The summed E-state index contributed by atoms with van der Waals surface area (Å²) in [5.74, 6) is 0. The van der Waals surface area contributed by atoms with Gasteiger partial charge in [0.15, 0.2) is 0 Å². The predicted octanol–water partition coefficient (Wildman–Crippen LogP) is 2.60. The van der Waals surface area contributed by atoms with Gasteiger partial charge in [-0.3, -0.25) is 0 Å². The summed E-state index contributed by atoms with van der Waals surface area (Å²) in [6.07, 6.45) is 1.98. The third-order valence-corrected chi connectivity index (χ3v) is 2.58. The molecule has 1 aromatic carbocycles. The molecule has 3 heteroatoms. The summed E-state index contributed by atoms with van der Waals surface area (Å²) in [5, 5.41) is 10.8. The average Bonchev–Trinajstić information content (AvgIpc) is 2.49. The molecule has 0 radical (unpaired) electrons. The van der Waals surface area contributed by atoms with E-state index in [1.54, 1.807) is 0 Å². The molecule has 0 spiro atoms. The molecule has 0 saturated carbocycles. The zero-order valence-corrected chi connectivity index (χ0v) is 8.75. The van der Waals surface area contributed by atoms with Crippen LogP contribution in [0, 0.1) is 6.92 Å². The third kappa shape index (κ3) is 1.51. The van der Waals surface area contributed by atoms with Crippen LogP contribution in [0.15, 0.2) is 24.4 Å². The van der Waals surface area contributed by atoms with Crippen molar-refractivity contribution < 1.29 is 5.11 Å². The van der Waals surface area contributed by atoms with Gasteiger partial charge in [0.25, 0.3) is 0 Å². The number of benzene rings is 1. The van der Waals surface area contributed by atoms with Gasteiger partial charge in [0.2, 0.25) is 0 Å². The highest BCUT2D eigenvalue weighted by molar-refractivity contribution is 6.31. The second-order valence-electron chi connectivity index (χ2n) is 3.39. The van der Waals surface area contributed by atoms with E-state index >= 15 is 0 Å². The van der Waals surface area contributed by atoms with E-state index in [0.29, 0.717) is 6.54 Å². The fourth-order valence-electron chi connectivity index (χ4n) is 1.82. The highest BCUT2D eigenvalue weighted by Crippen LogP contribution is 2.24. The lowest BCUT2D eigenvalue weighted by Crippen LogP contribution is -2.00. The van der Waals surface area contributed by atoms with Crippen molar-refractivity contribution in [2.75, 3.05) is 6.61 Å². The maximum atomic E-state index is 8.90. The first kappa shape index (κ1) is 9.56. The molecule has 14 heavy (non-hydrogen) atoms. The first-order valence-electron chi connectivity index (χ1n) is 4.58. The maximum Gasteiger partial charge on any atom is 0.0610 e. The van der Waals surface area contributed by atoms with Crippen molar-refractivity contribution in [3.63, 3.8) is 0 Å². The fourth-order valence-corrected chi connectivity index (χ4v) is 2.10. The summed E-state index contributed by atoms with van der Waals surface area (Å²) in [7, 11) is 0. The van der Waals surface area contributed by atoms with Crippen molar-refractivity contribution in [3.8, 4) is 0 Å². The molecule has 2 rings (SSSR count). The molecule has 1 heterocycles. The zero-order chi connectivity index (χ0) is 10.1. The molecule has 0 atom stereocenters. The molecule has 74 valence electrons. The lowest BCUT2D eigenvalue weighted by molar-refractivity contribution is 0.278. The van der Waals surface area contributed by atoms with Gasteiger partial charge in [-0.2, -0.15) is 0 Å². The zero-order valence-electron chi connectivity index (χ0n) is 8.00. The van der Waals surface area contributed by atoms with Gasteiger partial charge in [0.05, 0.1) is 12.1 Å². The second kappa shape index (κ2) is 3.64. The fraction of sp³-hybridized carbons (Fsp3) is 0.273. The van der Waals surface area contributed by atoms with Gasteiger partial charge >= 0.3 is 0 Å². The molecule has 0 bridgehead atoms. The summed E-state index contributed by atoms with van der Waals surface area (Å²) in [6, 6.07) is 5.90. The molecular weight excluding hydrogens is 198 g/mol. The minimum absolute atomic E-state index is 0.159. The predicted molar refractivity (Wildman–Crippen MR) is 58.8 cm³/mol. The quantitative estimate of drug-likeness (QED) is 0.808. The Balaban J connectivity index is 2.66. The Bertz CT molecular complexity index is 462. The summed E-state index contributed by atoms with van der Waals surface area (Å²) in [6.45, 7) is 2.82. The van der Waals surface area contributed by atoms with E-state index < -0.39 is 0 Å². The number of aliphatic hydroxyl groups is 1. The molecule has 0 aliphatic heterocycles. The number of hydrogen-bond acceptors (Lipinski definition) is 1. The van der Waals surface area contributed by atoms with Gasteiger partial charge in [-0.25, -0.2) is 0 Å². The summed E-state index contributed by atoms with van der Waals surface area (Å²) >= 11 is 5.95. The molecule has 0 amide bonds. The highest BCUT2D eigenvalue weighted by Gasteiger charge is 2.04. The minimum Gasteiger partial charge on any atom is -0.395 e. The van der Waals surface area contributed by atoms with Crippen LogP contribution in [0.4, 0.5) is 0 Å². The summed E-state index contributed by atoms with van der Waals surface area (Å²) in [5.41, 5.74) is 2.30. The van der Waals surface area contributed by atoms with Crippen LogP contribution in [-0.2, 0) is 6.54 Å².